The number of hydrogen-bond donors (Lipinski definition) is 2. The normalized spacial score (nSPS) is 21.4. The van der Waals surface area contributed by atoms with Crippen LogP contribution in [0.2, 0.25) is 0 Å². The number of anilines is 1. The predicted molar refractivity (Wildman–Crippen MR) is 111 cm³/mol. The summed E-state index contributed by atoms with van der Waals surface area (Å²) in [4.78, 5) is 16.0. The first kappa shape index (κ1) is 24.0. The van der Waals surface area contributed by atoms with E-state index in [4.69, 9.17) is 15.5 Å². The third kappa shape index (κ3) is 6.79. The third-order valence-corrected chi connectivity index (χ3v) is 5.24. The summed E-state index contributed by atoms with van der Waals surface area (Å²) in [5, 5.41) is 3.40. The number of halogens is 2. The predicted octanol–water partition coefficient (Wildman–Crippen LogP) is 2.90. The summed E-state index contributed by atoms with van der Waals surface area (Å²) in [6, 6.07) is 3.82. The van der Waals surface area contributed by atoms with E-state index in [-0.39, 0.29) is 30.8 Å². The number of pyridine rings is 1. The fourth-order valence-corrected chi connectivity index (χ4v) is 3.54. The number of hydrogen-bond acceptors (Lipinski definition) is 6. The van der Waals surface area contributed by atoms with Crippen LogP contribution in [0.4, 0.5) is 5.82 Å². The topological polar surface area (TPSA) is 86.5 Å². The number of rotatable bonds is 8. The highest BCUT2D eigenvalue weighted by atomic mass is 35.5. The van der Waals surface area contributed by atoms with Gasteiger partial charge in [0.25, 0.3) is 0 Å². The van der Waals surface area contributed by atoms with Crippen LogP contribution in [0.5, 0.6) is 0 Å². The van der Waals surface area contributed by atoms with E-state index in [1.165, 1.54) is 24.8 Å². The average molecular weight is 420 g/mol. The second-order valence-electron chi connectivity index (χ2n) is 7.13. The van der Waals surface area contributed by atoms with E-state index in [9.17, 15) is 4.79 Å². The zero-order chi connectivity index (χ0) is 17.6. The number of aromatic nitrogens is 1. The van der Waals surface area contributed by atoms with Crippen LogP contribution >= 0.6 is 24.8 Å². The van der Waals surface area contributed by atoms with Gasteiger partial charge in [0.1, 0.15) is 11.9 Å². The molecule has 1 fully saturated rings. The Morgan fingerprint density at radius 2 is 2.15 bits per heavy atom. The Balaban J connectivity index is 0.00000182. The monoisotopic (exact) mass is 419 g/mol. The van der Waals surface area contributed by atoms with E-state index in [0.717, 1.165) is 44.5 Å². The molecule has 1 aromatic rings. The van der Waals surface area contributed by atoms with Crippen molar-refractivity contribution in [2.75, 3.05) is 25.6 Å². The molecule has 0 saturated heterocycles. The lowest BCUT2D eigenvalue weighted by molar-refractivity contribution is -0.143. The van der Waals surface area contributed by atoms with Gasteiger partial charge in [0, 0.05) is 18.8 Å². The lowest BCUT2D eigenvalue weighted by atomic mass is 9.79. The molecule has 0 bridgehead atoms. The molecule has 0 aromatic carbocycles. The second-order valence-corrected chi connectivity index (χ2v) is 7.13. The molecular weight excluding hydrogens is 389 g/mol. The maximum atomic E-state index is 11.2. The highest BCUT2D eigenvalue weighted by Gasteiger charge is 2.29. The van der Waals surface area contributed by atoms with Gasteiger partial charge in [-0.25, -0.2) is 4.98 Å². The molecule has 3 rings (SSSR count). The van der Waals surface area contributed by atoms with Crippen molar-refractivity contribution in [3.8, 4) is 0 Å². The number of aryl methyl sites for hydroxylation is 2. The van der Waals surface area contributed by atoms with Crippen LogP contribution < -0.4 is 11.1 Å². The smallest absolute Gasteiger partial charge is 0.322 e. The molecule has 154 valence electrons. The van der Waals surface area contributed by atoms with Gasteiger partial charge in [-0.15, -0.1) is 24.8 Å². The number of fused-ring (bicyclic) bond motifs is 1. The number of carbonyl (C=O) groups is 1. The molecule has 8 heteroatoms. The van der Waals surface area contributed by atoms with Crippen LogP contribution in [-0.2, 0) is 27.1 Å². The van der Waals surface area contributed by atoms with Crippen molar-refractivity contribution in [3.05, 3.63) is 23.4 Å². The standard InChI is InChI=1S/C19H29N3O3.2ClH/c1-24-19(23)17(20)8-10-25-16-11-13(12-16)4-6-15-7-5-14-3-2-9-21-18(14)22-15;;/h5,7,13,16-17H,2-4,6,8-12,20H2,1H3,(H,21,22);2*1H/t13?,16?,17-;;/m0../s1. The van der Waals surface area contributed by atoms with Crippen molar-refractivity contribution < 1.29 is 14.3 Å². The van der Waals surface area contributed by atoms with E-state index >= 15 is 0 Å². The first-order valence-electron chi connectivity index (χ1n) is 9.33. The van der Waals surface area contributed by atoms with E-state index in [0.29, 0.717) is 25.0 Å². The van der Waals surface area contributed by atoms with Gasteiger partial charge < -0.3 is 20.5 Å². The Morgan fingerprint density at radius 1 is 1.37 bits per heavy atom. The molecule has 1 atom stereocenters. The van der Waals surface area contributed by atoms with Crippen LogP contribution in [0.25, 0.3) is 0 Å². The highest BCUT2D eigenvalue weighted by Crippen LogP contribution is 2.34. The van der Waals surface area contributed by atoms with Gasteiger partial charge >= 0.3 is 5.97 Å². The fraction of sp³-hybridized carbons (Fsp3) is 0.684. The molecule has 0 unspecified atom stereocenters. The maximum Gasteiger partial charge on any atom is 0.322 e. The van der Waals surface area contributed by atoms with E-state index in [1.54, 1.807) is 0 Å². The molecule has 1 saturated carbocycles. The molecular formula is C19H31Cl2N3O3. The molecule has 0 radical (unpaired) electrons. The third-order valence-electron chi connectivity index (χ3n) is 5.24. The zero-order valence-corrected chi connectivity index (χ0v) is 17.4. The van der Waals surface area contributed by atoms with Crippen LogP contribution in [0.1, 0.15) is 43.4 Å². The second kappa shape index (κ2) is 11.7. The van der Waals surface area contributed by atoms with Crippen molar-refractivity contribution >= 4 is 36.6 Å². The van der Waals surface area contributed by atoms with Crippen LogP contribution in [-0.4, -0.2) is 43.4 Å². The largest absolute Gasteiger partial charge is 0.468 e. The average Bonchev–Trinajstić information content (AvgIpc) is 2.61. The molecule has 2 aliphatic rings. The van der Waals surface area contributed by atoms with Crippen molar-refractivity contribution in [2.45, 2.75) is 57.1 Å². The summed E-state index contributed by atoms with van der Waals surface area (Å²) in [7, 11) is 1.35. The first-order chi connectivity index (χ1) is 12.2. The van der Waals surface area contributed by atoms with Crippen LogP contribution in [0.15, 0.2) is 12.1 Å². The Morgan fingerprint density at radius 3 is 2.89 bits per heavy atom. The summed E-state index contributed by atoms with van der Waals surface area (Å²) in [5.41, 5.74) is 8.22. The molecule has 1 aliphatic heterocycles. The lowest BCUT2D eigenvalue weighted by Crippen LogP contribution is -2.36. The van der Waals surface area contributed by atoms with Crippen molar-refractivity contribution in [2.24, 2.45) is 11.7 Å². The SMILES string of the molecule is COC(=O)[C@@H](N)CCOC1CC(CCc2ccc3c(n2)NCCC3)C1.Cl.Cl. The maximum absolute atomic E-state index is 11.2. The quantitative estimate of drug-likeness (QED) is 0.629. The van der Waals surface area contributed by atoms with Crippen molar-refractivity contribution in [1.29, 1.82) is 0 Å². The summed E-state index contributed by atoms with van der Waals surface area (Å²) < 4.78 is 10.4. The minimum atomic E-state index is -0.579. The van der Waals surface area contributed by atoms with E-state index in [1.807, 2.05) is 0 Å². The highest BCUT2D eigenvalue weighted by molar-refractivity contribution is 5.85. The summed E-state index contributed by atoms with van der Waals surface area (Å²) in [6.07, 6.45) is 7.53. The van der Waals surface area contributed by atoms with Crippen molar-refractivity contribution in [3.63, 3.8) is 0 Å². The van der Waals surface area contributed by atoms with E-state index in [2.05, 4.69) is 22.2 Å². The van der Waals surface area contributed by atoms with Gasteiger partial charge in [-0.3, -0.25) is 4.79 Å². The summed E-state index contributed by atoms with van der Waals surface area (Å²) in [6.45, 7) is 1.55. The van der Waals surface area contributed by atoms with Crippen LogP contribution in [0.3, 0.4) is 0 Å². The number of esters is 1. The first-order valence-corrected chi connectivity index (χ1v) is 9.33. The molecule has 1 aliphatic carbocycles. The molecule has 0 amide bonds. The lowest BCUT2D eigenvalue weighted by Gasteiger charge is -2.35. The van der Waals surface area contributed by atoms with Gasteiger partial charge in [0.05, 0.1) is 13.2 Å². The van der Waals surface area contributed by atoms with Gasteiger partial charge in [-0.05, 0) is 62.5 Å². The van der Waals surface area contributed by atoms with Crippen LogP contribution in [0, 0.1) is 5.92 Å². The number of ether oxygens (including phenoxy) is 2. The Hall–Kier alpha value is -1.08. The van der Waals surface area contributed by atoms with Gasteiger partial charge in [-0.2, -0.15) is 0 Å². The van der Waals surface area contributed by atoms with Gasteiger partial charge in [0.2, 0.25) is 0 Å². The molecule has 0 spiro atoms. The molecule has 6 nitrogen and oxygen atoms in total. The number of carbonyl (C=O) groups excluding carboxylic acids is 1. The van der Waals surface area contributed by atoms with Crippen molar-refractivity contribution in [1.82, 2.24) is 4.98 Å². The minimum absolute atomic E-state index is 0. The van der Waals surface area contributed by atoms with E-state index < -0.39 is 6.04 Å². The minimum Gasteiger partial charge on any atom is -0.468 e. The number of nitrogens with two attached hydrogens (primary N) is 1. The van der Waals surface area contributed by atoms with Gasteiger partial charge in [0.15, 0.2) is 0 Å². The molecule has 27 heavy (non-hydrogen) atoms. The number of nitrogens with zero attached hydrogens (tertiary/aromatic N) is 1. The summed E-state index contributed by atoms with van der Waals surface area (Å²) >= 11 is 0. The van der Waals surface area contributed by atoms with Gasteiger partial charge in [-0.1, -0.05) is 6.07 Å². The zero-order valence-electron chi connectivity index (χ0n) is 15.8. The number of methoxy groups -OCH3 is 1. The molecule has 3 N–H and O–H groups in total. The Labute approximate surface area is 173 Å². The molecule has 1 aromatic heterocycles. The number of nitrogens with one attached hydrogen (secondary N) is 1. The Bertz CT molecular complexity index is 598. The fourth-order valence-electron chi connectivity index (χ4n) is 3.54. The Kier molecular flexibility index (Phi) is 10.4. The molecule has 2 heterocycles. The summed E-state index contributed by atoms with van der Waals surface area (Å²) in [5.74, 6) is 1.42.